The lowest BCUT2D eigenvalue weighted by Gasteiger charge is -2.07. The molecule has 30 heavy (non-hydrogen) atoms. The second kappa shape index (κ2) is 6.97. The Hall–Kier alpha value is -4.26. The van der Waals surface area contributed by atoms with Crippen LogP contribution in [0.4, 0.5) is 11.4 Å². The van der Waals surface area contributed by atoms with Gasteiger partial charge in [-0.15, -0.1) is 0 Å². The van der Waals surface area contributed by atoms with Gasteiger partial charge >= 0.3 is 0 Å². The Morgan fingerprint density at radius 1 is 0.967 bits per heavy atom. The van der Waals surface area contributed by atoms with Gasteiger partial charge in [-0.1, -0.05) is 36.4 Å². The number of nitro benzene ring substituents is 1. The topological polar surface area (TPSA) is 90.1 Å². The quantitative estimate of drug-likeness (QED) is 0.355. The fourth-order valence-corrected chi connectivity index (χ4v) is 3.76. The number of non-ortho nitro benzene ring substituents is 1. The Labute approximate surface area is 171 Å². The Morgan fingerprint density at radius 2 is 1.80 bits per heavy atom. The van der Waals surface area contributed by atoms with E-state index in [4.69, 9.17) is 0 Å². The number of nitro groups is 1. The van der Waals surface area contributed by atoms with Gasteiger partial charge in [0.2, 0.25) is 0 Å². The highest BCUT2D eigenvalue weighted by molar-refractivity contribution is 6.03. The maximum absolute atomic E-state index is 12.7. The van der Waals surface area contributed by atoms with Gasteiger partial charge in [0.1, 0.15) is 0 Å². The van der Waals surface area contributed by atoms with Crippen molar-refractivity contribution in [1.82, 2.24) is 9.78 Å². The summed E-state index contributed by atoms with van der Waals surface area (Å²) in [6.07, 6.45) is 2.45. The van der Waals surface area contributed by atoms with Crippen molar-refractivity contribution < 1.29 is 9.72 Å². The average molecular weight is 396 g/mol. The van der Waals surface area contributed by atoms with E-state index >= 15 is 0 Å². The number of benzene rings is 3. The third kappa shape index (κ3) is 3.12. The maximum Gasteiger partial charge on any atom is 0.276 e. The van der Waals surface area contributed by atoms with Crippen LogP contribution in [0.15, 0.2) is 79.0 Å². The number of hydrogen-bond donors (Lipinski definition) is 1. The molecular formula is C23H16N4O3. The summed E-state index contributed by atoms with van der Waals surface area (Å²) in [5.74, 6) is -0.338. The molecular weight excluding hydrogens is 380 g/mol. The lowest BCUT2D eigenvalue weighted by molar-refractivity contribution is -0.384. The van der Waals surface area contributed by atoms with Crippen LogP contribution < -0.4 is 5.32 Å². The second-order valence-electron chi connectivity index (χ2n) is 7.08. The van der Waals surface area contributed by atoms with E-state index < -0.39 is 4.92 Å². The zero-order valence-electron chi connectivity index (χ0n) is 15.8. The summed E-state index contributed by atoms with van der Waals surface area (Å²) in [4.78, 5) is 23.2. The van der Waals surface area contributed by atoms with E-state index in [1.54, 1.807) is 24.4 Å². The fourth-order valence-electron chi connectivity index (χ4n) is 3.76. The lowest BCUT2D eigenvalue weighted by atomic mass is 10.1. The molecule has 0 radical (unpaired) electrons. The van der Waals surface area contributed by atoms with Gasteiger partial charge in [0.25, 0.3) is 11.6 Å². The van der Waals surface area contributed by atoms with Crippen molar-refractivity contribution in [3.05, 3.63) is 106 Å². The highest BCUT2D eigenvalue weighted by Crippen LogP contribution is 2.37. The van der Waals surface area contributed by atoms with Crippen LogP contribution in [0.2, 0.25) is 0 Å². The van der Waals surface area contributed by atoms with E-state index in [1.165, 1.54) is 39.1 Å². The van der Waals surface area contributed by atoms with Gasteiger partial charge in [0, 0.05) is 24.0 Å². The molecule has 7 nitrogen and oxygen atoms in total. The third-order valence-electron chi connectivity index (χ3n) is 5.18. The number of rotatable bonds is 4. The highest BCUT2D eigenvalue weighted by atomic mass is 16.6. The van der Waals surface area contributed by atoms with Crippen LogP contribution in [0.1, 0.15) is 21.6 Å². The van der Waals surface area contributed by atoms with Crippen molar-refractivity contribution in [2.24, 2.45) is 0 Å². The van der Waals surface area contributed by atoms with Crippen molar-refractivity contribution in [2.45, 2.75) is 6.42 Å². The summed E-state index contributed by atoms with van der Waals surface area (Å²) >= 11 is 0. The monoisotopic (exact) mass is 396 g/mol. The summed E-state index contributed by atoms with van der Waals surface area (Å²) in [7, 11) is 0. The van der Waals surface area contributed by atoms with Gasteiger partial charge in [0.15, 0.2) is 5.69 Å². The number of hydrogen-bond acceptors (Lipinski definition) is 4. The molecule has 1 amide bonds. The molecule has 0 aliphatic heterocycles. The van der Waals surface area contributed by atoms with Gasteiger partial charge in [-0.05, 0) is 52.9 Å². The van der Waals surface area contributed by atoms with Gasteiger partial charge < -0.3 is 5.32 Å². The second-order valence-corrected chi connectivity index (χ2v) is 7.08. The molecule has 3 aromatic carbocycles. The number of aromatic nitrogens is 2. The summed E-state index contributed by atoms with van der Waals surface area (Å²) in [5.41, 5.74) is 6.30. The number of nitrogens with zero attached hydrogens (tertiary/aromatic N) is 3. The van der Waals surface area contributed by atoms with E-state index in [0.29, 0.717) is 11.4 Å². The molecule has 0 atom stereocenters. The number of carbonyl (C=O) groups excluding carboxylic acids is 1. The summed E-state index contributed by atoms with van der Waals surface area (Å²) in [5, 5.41) is 18.1. The molecule has 0 saturated heterocycles. The zero-order valence-corrected chi connectivity index (χ0v) is 15.8. The van der Waals surface area contributed by atoms with E-state index in [9.17, 15) is 14.9 Å². The third-order valence-corrected chi connectivity index (χ3v) is 5.18. The van der Waals surface area contributed by atoms with Crippen molar-refractivity contribution in [1.29, 1.82) is 0 Å². The summed E-state index contributed by atoms with van der Waals surface area (Å²) in [6.45, 7) is 0. The van der Waals surface area contributed by atoms with Crippen molar-refractivity contribution in [2.75, 3.05) is 5.32 Å². The molecule has 1 heterocycles. The standard InChI is InChI=1S/C23H16N4O3/c28-23(22-10-11-26(25-22)18-5-3-6-19(14-18)27(29)30)24-17-8-9-21-16(13-17)12-15-4-1-2-7-20(15)21/h1-11,13-14H,12H2,(H,24,28). The molecule has 1 N–H and O–H groups in total. The number of anilines is 1. The van der Waals surface area contributed by atoms with Crippen molar-refractivity contribution in [3.63, 3.8) is 0 Å². The SMILES string of the molecule is O=C(Nc1ccc2c(c1)Cc1ccccc1-2)c1ccn(-c2cccc([N+](=O)[O-])c2)n1. The van der Waals surface area contributed by atoms with E-state index in [2.05, 4.69) is 22.5 Å². The van der Waals surface area contributed by atoms with Crippen LogP contribution >= 0.6 is 0 Å². The fraction of sp³-hybridized carbons (Fsp3) is 0.0435. The molecule has 1 aliphatic carbocycles. The molecule has 4 aromatic rings. The van der Waals surface area contributed by atoms with E-state index in [1.807, 2.05) is 30.3 Å². The first-order valence-electron chi connectivity index (χ1n) is 9.41. The Kier molecular flexibility index (Phi) is 4.14. The van der Waals surface area contributed by atoms with Gasteiger partial charge in [0.05, 0.1) is 10.6 Å². The minimum Gasteiger partial charge on any atom is -0.321 e. The smallest absolute Gasteiger partial charge is 0.276 e. The van der Waals surface area contributed by atoms with Crippen LogP contribution in [0, 0.1) is 10.1 Å². The summed E-state index contributed by atoms with van der Waals surface area (Å²) < 4.78 is 1.45. The molecule has 0 bridgehead atoms. The van der Waals surface area contributed by atoms with Crippen LogP contribution in [0.3, 0.4) is 0 Å². The molecule has 0 saturated carbocycles. The predicted molar refractivity (Wildman–Crippen MR) is 113 cm³/mol. The normalized spacial score (nSPS) is 11.6. The molecule has 1 aromatic heterocycles. The Bertz CT molecular complexity index is 1310. The number of amides is 1. The van der Waals surface area contributed by atoms with Crippen molar-refractivity contribution >= 4 is 17.3 Å². The minimum absolute atomic E-state index is 0.0341. The first-order chi connectivity index (χ1) is 14.6. The van der Waals surface area contributed by atoms with E-state index in [-0.39, 0.29) is 17.3 Å². The molecule has 0 spiro atoms. The number of fused-ring (bicyclic) bond motifs is 3. The predicted octanol–water partition coefficient (Wildman–Crippen LogP) is 4.60. The van der Waals surface area contributed by atoms with Crippen LogP contribution in [0.25, 0.3) is 16.8 Å². The molecule has 146 valence electrons. The molecule has 1 aliphatic rings. The average Bonchev–Trinajstić information content (AvgIpc) is 3.38. The molecule has 0 unspecified atom stereocenters. The molecule has 0 fully saturated rings. The number of nitrogens with one attached hydrogen (secondary N) is 1. The Balaban J connectivity index is 1.35. The maximum atomic E-state index is 12.7. The Morgan fingerprint density at radius 3 is 2.67 bits per heavy atom. The lowest BCUT2D eigenvalue weighted by Crippen LogP contribution is -2.13. The van der Waals surface area contributed by atoms with Gasteiger partial charge in [-0.25, -0.2) is 4.68 Å². The highest BCUT2D eigenvalue weighted by Gasteiger charge is 2.19. The van der Waals surface area contributed by atoms with Crippen LogP contribution in [-0.2, 0) is 6.42 Å². The van der Waals surface area contributed by atoms with Gasteiger partial charge in [-0.2, -0.15) is 5.10 Å². The van der Waals surface area contributed by atoms with E-state index in [0.717, 1.165) is 6.42 Å². The minimum atomic E-state index is -0.466. The zero-order chi connectivity index (χ0) is 20.7. The molecule has 5 rings (SSSR count). The number of carbonyl (C=O) groups is 1. The van der Waals surface area contributed by atoms with Gasteiger partial charge in [-0.3, -0.25) is 14.9 Å². The van der Waals surface area contributed by atoms with Crippen molar-refractivity contribution in [3.8, 4) is 16.8 Å². The van der Waals surface area contributed by atoms with Crippen LogP contribution in [-0.4, -0.2) is 20.6 Å². The summed E-state index contributed by atoms with van der Waals surface area (Å²) in [6, 6.07) is 21.9. The molecule has 7 heteroatoms. The largest absolute Gasteiger partial charge is 0.321 e. The first-order valence-corrected chi connectivity index (χ1v) is 9.41. The van der Waals surface area contributed by atoms with Crippen LogP contribution in [0.5, 0.6) is 0 Å². The first kappa shape index (κ1) is 17.8.